The number of carbonyl (C=O) groups is 1. The number of fused-ring (bicyclic) bond motifs is 1. The molecule has 1 aliphatic heterocycles. The van der Waals surface area contributed by atoms with Gasteiger partial charge in [0.05, 0.1) is 6.04 Å². The van der Waals surface area contributed by atoms with Gasteiger partial charge in [0.2, 0.25) is 5.91 Å². The second kappa shape index (κ2) is 1.78. The van der Waals surface area contributed by atoms with Crippen molar-refractivity contribution in [2.75, 3.05) is 6.54 Å². The summed E-state index contributed by atoms with van der Waals surface area (Å²) >= 11 is 0. The second-order valence-corrected chi connectivity index (χ2v) is 4.24. The quantitative estimate of drug-likeness (QED) is 0.545. The first-order chi connectivity index (χ1) is 5.05. The van der Waals surface area contributed by atoms with E-state index in [1.54, 1.807) is 0 Å². The van der Waals surface area contributed by atoms with Crippen LogP contribution in [0.15, 0.2) is 0 Å². The largest absolute Gasteiger partial charge is 0.368 e. The van der Waals surface area contributed by atoms with E-state index in [0.717, 1.165) is 6.54 Å². The lowest BCUT2D eigenvalue weighted by Crippen LogP contribution is -2.41. The molecule has 0 aromatic heterocycles. The molecule has 3 atom stereocenters. The third-order valence-electron chi connectivity index (χ3n) is 3.36. The number of primary amides is 1. The number of carbonyl (C=O) groups excluding carboxylic acids is 1. The molecule has 2 fully saturated rings. The summed E-state index contributed by atoms with van der Waals surface area (Å²) < 4.78 is 0. The maximum atomic E-state index is 10.9. The number of hydrogen-bond acceptors (Lipinski definition) is 2. The van der Waals surface area contributed by atoms with Crippen LogP contribution in [0.4, 0.5) is 0 Å². The average Bonchev–Trinajstić information content (AvgIpc) is 2.34. The molecule has 3 heteroatoms. The Morgan fingerprint density at radius 3 is 2.55 bits per heavy atom. The fourth-order valence-electron chi connectivity index (χ4n) is 2.50. The Morgan fingerprint density at radius 2 is 2.27 bits per heavy atom. The number of piperidine rings is 1. The summed E-state index contributed by atoms with van der Waals surface area (Å²) in [7, 11) is 0. The molecule has 0 spiro atoms. The van der Waals surface area contributed by atoms with Crippen LogP contribution in [0.3, 0.4) is 0 Å². The van der Waals surface area contributed by atoms with Gasteiger partial charge in [0.15, 0.2) is 0 Å². The molecule has 2 rings (SSSR count). The molecule has 0 radical (unpaired) electrons. The van der Waals surface area contributed by atoms with E-state index in [1.807, 2.05) is 0 Å². The fourth-order valence-corrected chi connectivity index (χ4v) is 2.50. The molecule has 1 saturated heterocycles. The first kappa shape index (κ1) is 7.10. The summed E-state index contributed by atoms with van der Waals surface area (Å²) in [6.07, 6.45) is 0. The van der Waals surface area contributed by atoms with Crippen LogP contribution in [0, 0.1) is 17.3 Å². The monoisotopic (exact) mass is 154 g/mol. The molecule has 1 amide bonds. The van der Waals surface area contributed by atoms with E-state index < -0.39 is 0 Å². The zero-order chi connectivity index (χ0) is 8.22. The summed E-state index contributed by atoms with van der Waals surface area (Å²) in [4.78, 5) is 10.9. The van der Waals surface area contributed by atoms with Crippen LogP contribution in [-0.4, -0.2) is 18.5 Å². The number of nitrogens with two attached hydrogens (primary N) is 1. The minimum atomic E-state index is -0.192. The molecule has 1 heterocycles. The normalized spacial score (nSPS) is 45.1. The van der Waals surface area contributed by atoms with Gasteiger partial charge in [0.25, 0.3) is 0 Å². The summed E-state index contributed by atoms with van der Waals surface area (Å²) in [5, 5.41) is 3.14. The first-order valence-corrected chi connectivity index (χ1v) is 4.08. The average molecular weight is 154 g/mol. The van der Waals surface area contributed by atoms with Gasteiger partial charge in [-0.1, -0.05) is 13.8 Å². The van der Waals surface area contributed by atoms with E-state index in [-0.39, 0.29) is 11.9 Å². The molecule has 62 valence electrons. The summed E-state index contributed by atoms with van der Waals surface area (Å²) in [6.45, 7) is 5.38. The van der Waals surface area contributed by atoms with Crippen molar-refractivity contribution < 1.29 is 4.79 Å². The molecule has 0 aromatic carbocycles. The van der Waals surface area contributed by atoms with Crippen LogP contribution in [0.5, 0.6) is 0 Å². The standard InChI is InChI=1S/C8H14N2O/c1-8(2)4-3-10-6(5(4)8)7(9)11/h4-6,10H,3H2,1-2H3,(H2,9,11)/t4-,5-,6-/m0/s1. The molecular formula is C8H14N2O. The van der Waals surface area contributed by atoms with Gasteiger partial charge < -0.3 is 11.1 Å². The smallest absolute Gasteiger partial charge is 0.234 e. The van der Waals surface area contributed by atoms with E-state index in [0.29, 0.717) is 17.3 Å². The van der Waals surface area contributed by atoms with Crippen molar-refractivity contribution in [2.24, 2.45) is 23.0 Å². The number of hydrogen-bond donors (Lipinski definition) is 2. The minimum Gasteiger partial charge on any atom is -0.368 e. The van der Waals surface area contributed by atoms with E-state index in [4.69, 9.17) is 5.73 Å². The summed E-state index contributed by atoms with van der Waals surface area (Å²) in [5.41, 5.74) is 5.59. The highest BCUT2D eigenvalue weighted by molar-refractivity contribution is 5.81. The number of amides is 1. The van der Waals surface area contributed by atoms with Crippen LogP contribution >= 0.6 is 0 Å². The van der Waals surface area contributed by atoms with E-state index >= 15 is 0 Å². The molecule has 1 aliphatic carbocycles. The molecule has 1 saturated carbocycles. The van der Waals surface area contributed by atoms with E-state index in [9.17, 15) is 4.79 Å². The van der Waals surface area contributed by atoms with Gasteiger partial charge in [-0.3, -0.25) is 4.79 Å². The lowest BCUT2D eigenvalue weighted by Gasteiger charge is -2.15. The zero-order valence-corrected chi connectivity index (χ0v) is 6.92. The topological polar surface area (TPSA) is 55.1 Å². The lowest BCUT2D eigenvalue weighted by molar-refractivity contribution is -0.120. The Morgan fingerprint density at radius 1 is 1.64 bits per heavy atom. The third-order valence-corrected chi connectivity index (χ3v) is 3.36. The molecule has 3 N–H and O–H groups in total. The highest BCUT2D eigenvalue weighted by atomic mass is 16.1. The van der Waals surface area contributed by atoms with Crippen LogP contribution in [0.1, 0.15) is 13.8 Å². The van der Waals surface area contributed by atoms with Crippen LogP contribution < -0.4 is 11.1 Å². The van der Waals surface area contributed by atoms with E-state index in [2.05, 4.69) is 19.2 Å². The van der Waals surface area contributed by atoms with Crippen LogP contribution in [0.2, 0.25) is 0 Å². The maximum absolute atomic E-state index is 10.9. The molecule has 3 nitrogen and oxygen atoms in total. The van der Waals surface area contributed by atoms with Crippen molar-refractivity contribution >= 4 is 5.91 Å². The van der Waals surface area contributed by atoms with Crippen LogP contribution in [0.25, 0.3) is 0 Å². The summed E-state index contributed by atoms with van der Waals surface area (Å²) in [6, 6.07) is -0.0602. The van der Waals surface area contributed by atoms with Crippen molar-refractivity contribution in [1.82, 2.24) is 5.32 Å². The minimum absolute atomic E-state index is 0.0602. The van der Waals surface area contributed by atoms with Gasteiger partial charge in [-0.2, -0.15) is 0 Å². The van der Waals surface area contributed by atoms with Gasteiger partial charge >= 0.3 is 0 Å². The molecule has 0 unspecified atom stereocenters. The molecule has 2 aliphatic rings. The second-order valence-electron chi connectivity index (χ2n) is 4.24. The van der Waals surface area contributed by atoms with Gasteiger partial charge in [-0.15, -0.1) is 0 Å². The Labute approximate surface area is 66.3 Å². The first-order valence-electron chi connectivity index (χ1n) is 4.08. The van der Waals surface area contributed by atoms with Crippen molar-refractivity contribution in [3.05, 3.63) is 0 Å². The van der Waals surface area contributed by atoms with Crippen molar-refractivity contribution in [1.29, 1.82) is 0 Å². The molecule has 0 bridgehead atoms. The van der Waals surface area contributed by atoms with Gasteiger partial charge in [-0.05, 0) is 23.8 Å². The van der Waals surface area contributed by atoms with E-state index in [1.165, 1.54) is 0 Å². The lowest BCUT2D eigenvalue weighted by atomic mass is 10.0. The number of nitrogens with one attached hydrogen (secondary N) is 1. The van der Waals surface area contributed by atoms with Crippen molar-refractivity contribution in [2.45, 2.75) is 19.9 Å². The third kappa shape index (κ3) is 0.745. The Kier molecular flexibility index (Phi) is 1.15. The van der Waals surface area contributed by atoms with Crippen molar-refractivity contribution in [3.63, 3.8) is 0 Å². The molecule has 11 heavy (non-hydrogen) atoms. The zero-order valence-electron chi connectivity index (χ0n) is 6.92. The maximum Gasteiger partial charge on any atom is 0.234 e. The highest BCUT2D eigenvalue weighted by Crippen LogP contribution is 2.62. The van der Waals surface area contributed by atoms with Gasteiger partial charge in [0, 0.05) is 0 Å². The van der Waals surface area contributed by atoms with Gasteiger partial charge in [-0.25, -0.2) is 0 Å². The van der Waals surface area contributed by atoms with Crippen molar-refractivity contribution in [3.8, 4) is 0 Å². The molecule has 0 aromatic rings. The van der Waals surface area contributed by atoms with Crippen LogP contribution in [-0.2, 0) is 4.79 Å². The Balaban J connectivity index is 2.13. The summed E-state index contributed by atoms with van der Waals surface area (Å²) in [5.74, 6) is 0.989. The SMILES string of the molecule is CC1(C)[C@@H]2[C@@H](C(N)=O)NC[C@@H]21. The highest BCUT2D eigenvalue weighted by Gasteiger charge is 2.65. The molecular weight excluding hydrogens is 140 g/mol. The fraction of sp³-hybridized carbons (Fsp3) is 0.875. The Bertz CT molecular complexity index is 212. The predicted molar refractivity (Wildman–Crippen MR) is 41.7 cm³/mol. The predicted octanol–water partition coefficient (Wildman–Crippen LogP) is -0.284. The Hall–Kier alpha value is -0.570. The van der Waals surface area contributed by atoms with Gasteiger partial charge in [0.1, 0.15) is 0 Å². The number of rotatable bonds is 1.